The summed E-state index contributed by atoms with van der Waals surface area (Å²) in [7, 11) is 0. The molecule has 0 heterocycles. The molecule has 0 saturated heterocycles. The van der Waals surface area contributed by atoms with Crippen LogP contribution in [-0.2, 0) is 13.1 Å². The fourth-order valence-corrected chi connectivity index (χ4v) is 2.15. The number of hydrogen-bond acceptors (Lipinski definition) is 1. The van der Waals surface area contributed by atoms with Crippen molar-refractivity contribution in [1.29, 1.82) is 0 Å². The van der Waals surface area contributed by atoms with Crippen LogP contribution in [0.4, 0.5) is 4.79 Å². The number of nitrogens with one attached hydrogen (secondary N) is 1. The molecule has 2 aromatic carbocycles. The molecule has 3 nitrogen and oxygen atoms in total. The lowest BCUT2D eigenvalue weighted by Gasteiger charge is -2.24. The van der Waals surface area contributed by atoms with Crippen LogP contribution in [0.1, 0.15) is 25.0 Å². The van der Waals surface area contributed by atoms with Crippen molar-refractivity contribution in [2.45, 2.75) is 33.0 Å². The summed E-state index contributed by atoms with van der Waals surface area (Å²) in [5.74, 6) is 0. The van der Waals surface area contributed by atoms with Gasteiger partial charge in [-0.15, -0.1) is 0 Å². The van der Waals surface area contributed by atoms with Crippen molar-refractivity contribution < 1.29 is 4.79 Å². The van der Waals surface area contributed by atoms with Gasteiger partial charge >= 0.3 is 6.03 Å². The highest BCUT2D eigenvalue weighted by molar-refractivity contribution is 5.74. The minimum atomic E-state index is -0.0299. The smallest absolute Gasteiger partial charge is 0.318 e. The number of carbonyl (C=O) groups is 1. The van der Waals surface area contributed by atoms with E-state index < -0.39 is 0 Å². The van der Waals surface area contributed by atoms with E-state index in [0.717, 1.165) is 11.1 Å². The second-order valence-corrected chi connectivity index (χ2v) is 5.43. The first-order chi connectivity index (χ1) is 10.1. The first-order valence-corrected chi connectivity index (χ1v) is 7.28. The van der Waals surface area contributed by atoms with E-state index in [-0.39, 0.29) is 12.1 Å². The molecule has 3 heteroatoms. The fourth-order valence-electron chi connectivity index (χ4n) is 2.15. The molecule has 0 fully saturated rings. The predicted molar refractivity (Wildman–Crippen MR) is 85.8 cm³/mol. The molecule has 2 rings (SSSR count). The van der Waals surface area contributed by atoms with E-state index in [9.17, 15) is 4.79 Å². The van der Waals surface area contributed by atoms with E-state index in [1.807, 2.05) is 79.4 Å². The lowest BCUT2D eigenvalue weighted by Crippen LogP contribution is -2.42. The van der Waals surface area contributed by atoms with Gasteiger partial charge in [0.1, 0.15) is 0 Å². The summed E-state index contributed by atoms with van der Waals surface area (Å²) in [6.45, 7) is 5.16. The average Bonchev–Trinajstić information content (AvgIpc) is 2.48. The zero-order valence-corrected chi connectivity index (χ0v) is 12.6. The number of nitrogens with zero attached hydrogens (tertiary/aromatic N) is 1. The third-order valence-corrected chi connectivity index (χ3v) is 3.13. The van der Waals surface area contributed by atoms with E-state index in [1.165, 1.54) is 0 Å². The van der Waals surface area contributed by atoms with Gasteiger partial charge in [0.2, 0.25) is 0 Å². The van der Waals surface area contributed by atoms with Gasteiger partial charge in [-0.05, 0) is 25.0 Å². The molecule has 0 spiro atoms. The SMILES string of the molecule is CC(C)NC(=O)N(Cc1ccccc1)Cc1ccccc1. The summed E-state index contributed by atoms with van der Waals surface area (Å²) < 4.78 is 0. The Balaban J connectivity index is 2.12. The van der Waals surface area contributed by atoms with E-state index in [2.05, 4.69) is 5.32 Å². The van der Waals surface area contributed by atoms with Crippen LogP contribution in [-0.4, -0.2) is 17.0 Å². The zero-order chi connectivity index (χ0) is 15.1. The van der Waals surface area contributed by atoms with Gasteiger partial charge < -0.3 is 10.2 Å². The maximum atomic E-state index is 12.4. The van der Waals surface area contributed by atoms with Crippen LogP contribution in [0.15, 0.2) is 60.7 Å². The van der Waals surface area contributed by atoms with Crippen LogP contribution in [0.2, 0.25) is 0 Å². The van der Waals surface area contributed by atoms with Crippen LogP contribution in [0.3, 0.4) is 0 Å². The first-order valence-electron chi connectivity index (χ1n) is 7.28. The topological polar surface area (TPSA) is 32.3 Å². The molecule has 2 aromatic rings. The Morgan fingerprint density at radius 1 is 0.905 bits per heavy atom. The van der Waals surface area contributed by atoms with Crippen molar-refractivity contribution in [2.24, 2.45) is 0 Å². The van der Waals surface area contributed by atoms with Gasteiger partial charge in [-0.2, -0.15) is 0 Å². The van der Waals surface area contributed by atoms with Gasteiger partial charge in [0, 0.05) is 19.1 Å². The Hall–Kier alpha value is -2.29. The normalized spacial score (nSPS) is 10.4. The minimum Gasteiger partial charge on any atom is -0.336 e. The number of amides is 2. The van der Waals surface area contributed by atoms with Gasteiger partial charge in [0.05, 0.1) is 0 Å². The monoisotopic (exact) mass is 282 g/mol. The average molecular weight is 282 g/mol. The summed E-state index contributed by atoms with van der Waals surface area (Å²) in [5, 5.41) is 2.97. The summed E-state index contributed by atoms with van der Waals surface area (Å²) in [5.41, 5.74) is 2.26. The summed E-state index contributed by atoms with van der Waals surface area (Å²) >= 11 is 0. The van der Waals surface area contributed by atoms with Crippen molar-refractivity contribution in [3.8, 4) is 0 Å². The molecule has 0 radical (unpaired) electrons. The molecule has 0 unspecified atom stereocenters. The highest BCUT2D eigenvalue weighted by atomic mass is 16.2. The van der Waals surface area contributed by atoms with Crippen molar-refractivity contribution in [3.63, 3.8) is 0 Å². The molecule has 0 saturated carbocycles. The molecule has 0 aromatic heterocycles. The summed E-state index contributed by atoms with van der Waals surface area (Å²) in [4.78, 5) is 14.2. The van der Waals surface area contributed by atoms with E-state index in [1.54, 1.807) is 0 Å². The molecule has 0 aliphatic rings. The third kappa shape index (κ3) is 4.95. The van der Waals surface area contributed by atoms with Gasteiger partial charge in [-0.1, -0.05) is 60.7 Å². The Morgan fingerprint density at radius 2 is 1.33 bits per heavy atom. The highest BCUT2D eigenvalue weighted by Gasteiger charge is 2.15. The van der Waals surface area contributed by atoms with Gasteiger partial charge in [0.25, 0.3) is 0 Å². The van der Waals surface area contributed by atoms with Crippen LogP contribution in [0, 0.1) is 0 Å². The molecule has 110 valence electrons. The van der Waals surface area contributed by atoms with Crippen molar-refractivity contribution >= 4 is 6.03 Å². The first kappa shape index (κ1) is 15.1. The number of benzene rings is 2. The lowest BCUT2D eigenvalue weighted by atomic mass is 10.2. The molecular formula is C18H22N2O. The van der Waals surface area contributed by atoms with Gasteiger partial charge in [-0.3, -0.25) is 0 Å². The number of rotatable bonds is 5. The summed E-state index contributed by atoms with van der Waals surface area (Å²) in [6, 6.07) is 20.2. The van der Waals surface area contributed by atoms with E-state index in [0.29, 0.717) is 13.1 Å². The molecule has 0 aliphatic carbocycles. The minimum absolute atomic E-state index is 0.0299. The maximum absolute atomic E-state index is 12.4. The molecule has 0 atom stereocenters. The number of carbonyl (C=O) groups excluding carboxylic acids is 1. The maximum Gasteiger partial charge on any atom is 0.318 e. The molecule has 1 N–H and O–H groups in total. The second kappa shape index (κ2) is 7.48. The largest absolute Gasteiger partial charge is 0.336 e. The highest BCUT2D eigenvalue weighted by Crippen LogP contribution is 2.10. The molecular weight excluding hydrogens is 260 g/mol. The van der Waals surface area contributed by atoms with Gasteiger partial charge in [-0.25, -0.2) is 4.79 Å². The van der Waals surface area contributed by atoms with Crippen molar-refractivity contribution in [3.05, 3.63) is 71.8 Å². The Bertz CT molecular complexity index is 510. The van der Waals surface area contributed by atoms with Gasteiger partial charge in [0.15, 0.2) is 0 Å². The van der Waals surface area contributed by atoms with Crippen LogP contribution in [0.25, 0.3) is 0 Å². The quantitative estimate of drug-likeness (QED) is 0.888. The molecule has 0 aliphatic heterocycles. The molecule has 21 heavy (non-hydrogen) atoms. The fraction of sp³-hybridized carbons (Fsp3) is 0.278. The standard InChI is InChI=1S/C18H22N2O/c1-15(2)19-18(21)20(13-16-9-5-3-6-10-16)14-17-11-7-4-8-12-17/h3-12,15H,13-14H2,1-2H3,(H,19,21). The zero-order valence-electron chi connectivity index (χ0n) is 12.6. The Labute approximate surface area is 126 Å². The Morgan fingerprint density at radius 3 is 1.71 bits per heavy atom. The van der Waals surface area contributed by atoms with E-state index in [4.69, 9.17) is 0 Å². The van der Waals surface area contributed by atoms with Crippen LogP contribution < -0.4 is 5.32 Å². The van der Waals surface area contributed by atoms with Crippen LogP contribution in [0.5, 0.6) is 0 Å². The third-order valence-electron chi connectivity index (χ3n) is 3.13. The van der Waals surface area contributed by atoms with Crippen molar-refractivity contribution in [1.82, 2.24) is 10.2 Å². The lowest BCUT2D eigenvalue weighted by molar-refractivity contribution is 0.189. The second-order valence-electron chi connectivity index (χ2n) is 5.43. The molecule has 0 bridgehead atoms. The van der Waals surface area contributed by atoms with Crippen LogP contribution >= 0.6 is 0 Å². The number of hydrogen-bond donors (Lipinski definition) is 1. The summed E-state index contributed by atoms with van der Waals surface area (Å²) in [6.07, 6.45) is 0. The van der Waals surface area contributed by atoms with E-state index >= 15 is 0 Å². The van der Waals surface area contributed by atoms with Crippen molar-refractivity contribution in [2.75, 3.05) is 0 Å². The molecule has 2 amide bonds. The Kier molecular flexibility index (Phi) is 5.38. The predicted octanol–water partition coefficient (Wildman–Crippen LogP) is 3.81. The number of urea groups is 1.